The second kappa shape index (κ2) is 6.96. The van der Waals surface area contributed by atoms with Gasteiger partial charge in [-0.3, -0.25) is 0 Å². The van der Waals surface area contributed by atoms with Gasteiger partial charge in [0.05, 0.1) is 25.9 Å². The lowest BCUT2D eigenvalue weighted by atomic mass is 10.1. The quantitative estimate of drug-likeness (QED) is 0.768. The van der Waals surface area contributed by atoms with Crippen LogP contribution < -0.4 is 5.32 Å². The fraction of sp³-hybridized carbons (Fsp3) is 0.312. The molecule has 0 aliphatic heterocycles. The van der Waals surface area contributed by atoms with Crippen molar-refractivity contribution in [2.75, 3.05) is 13.8 Å². The van der Waals surface area contributed by atoms with Crippen molar-refractivity contribution in [3.63, 3.8) is 0 Å². The number of ether oxygens (including phenoxy) is 1. The first-order valence-electron chi connectivity index (χ1n) is 7.43. The molecule has 0 radical (unpaired) electrons. The standard InChI is InChI=1S/C16H17FN4O2S/c1-10-4-3-5-12-11(10)8-13(21(12)7-6-17)15-20-19-14(24-15)9-18-16(22)23-2/h3-5,8H,6-7,9H2,1-2H3,(H,18,22). The van der Waals surface area contributed by atoms with Crippen LogP contribution in [0.1, 0.15) is 10.6 Å². The van der Waals surface area contributed by atoms with Gasteiger partial charge in [0.15, 0.2) is 5.01 Å². The smallest absolute Gasteiger partial charge is 0.407 e. The Balaban J connectivity index is 1.97. The summed E-state index contributed by atoms with van der Waals surface area (Å²) in [7, 11) is 1.30. The fourth-order valence-electron chi connectivity index (χ4n) is 2.58. The largest absolute Gasteiger partial charge is 0.453 e. The third-order valence-electron chi connectivity index (χ3n) is 3.73. The Labute approximate surface area is 142 Å². The molecule has 0 atom stereocenters. The number of methoxy groups -OCH3 is 1. The lowest BCUT2D eigenvalue weighted by Crippen LogP contribution is -2.22. The van der Waals surface area contributed by atoms with Gasteiger partial charge in [-0.2, -0.15) is 0 Å². The molecule has 8 heteroatoms. The predicted molar refractivity (Wildman–Crippen MR) is 90.8 cm³/mol. The maximum absolute atomic E-state index is 13.0. The molecule has 3 aromatic rings. The molecule has 2 heterocycles. The van der Waals surface area contributed by atoms with Crippen LogP contribution in [0.15, 0.2) is 24.3 Å². The first-order chi connectivity index (χ1) is 11.6. The number of fused-ring (bicyclic) bond motifs is 1. The molecule has 0 bridgehead atoms. The average molecular weight is 348 g/mol. The van der Waals surface area contributed by atoms with Gasteiger partial charge in [0, 0.05) is 10.9 Å². The van der Waals surface area contributed by atoms with Crippen LogP contribution in [0.5, 0.6) is 0 Å². The number of benzene rings is 1. The molecule has 0 saturated carbocycles. The van der Waals surface area contributed by atoms with Gasteiger partial charge in [-0.1, -0.05) is 23.5 Å². The number of aromatic nitrogens is 3. The summed E-state index contributed by atoms with van der Waals surface area (Å²) in [6, 6.07) is 7.97. The molecule has 6 nitrogen and oxygen atoms in total. The summed E-state index contributed by atoms with van der Waals surface area (Å²) < 4.78 is 19.5. The number of rotatable bonds is 5. The van der Waals surface area contributed by atoms with Crippen molar-refractivity contribution in [3.05, 3.63) is 34.8 Å². The van der Waals surface area contributed by atoms with Gasteiger partial charge in [-0.25, -0.2) is 9.18 Å². The number of carbonyl (C=O) groups excluding carboxylic acids is 1. The number of halogens is 1. The number of nitrogens with one attached hydrogen (secondary N) is 1. The van der Waals surface area contributed by atoms with Crippen LogP contribution in [-0.2, 0) is 17.8 Å². The van der Waals surface area contributed by atoms with E-state index >= 15 is 0 Å². The third-order valence-corrected chi connectivity index (χ3v) is 4.67. The Kier molecular flexibility index (Phi) is 4.75. The molecule has 3 rings (SSSR count). The number of hydrogen-bond acceptors (Lipinski definition) is 5. The van der Waals surface area contributed by atoms with Crippen molar-refractivity contribution >= 4 is 28.3 Å². The molecule has 24 heavy (non-hydrogen) atoms. The van der Waals surface area contributed by atoms with Crippen LogP contribution in [0.4, 0.5) is 9.18 Å². The molecule has 1 amide bonds. The first-order valence-corrected chi connectivity index (χ1v) is 8.25. The second-order valence-corrected chi connectivity index (χ2v) is 6.29. The molecule has 2 aromatic heterocycles. The van der Waals surface area contributed by atoms with E-state index in [-0.39, 0.29) is 13.1 Å². The number of hydrogen-bond donors (Lipinski definition) is 1. The maximum atomic E-state index is 13.0. The molecular weight excluding hydrogens is 331 g/mol. The maximum Gasteiger partial charge on any atom is 0.407 e. The van der Waals surface area contributed by atoms with Gasteiger partial charge in [-0.05, 0) is 24.6 Å². The SMILES string of the molecule is COC(=O)NCc1nnc(-c2cc3c(C)cccc3n2CCF)s1. The molecule has 0 aliphatic rings. The van der Waals surface area contributed by atoms with E-state index in [1.54, 1.807) is 0 Å². The topological polar surface area (TPSA) is 69.0 Å². The summed E-state index contributed by atoms with van der Waals surface area (Å²) in [6.07, 6.45) is -0.520. The van der Waals surface area contributed by atoms with Gasteiger partial charge >= 0.3 is 6.09 Å². The molecule has 1 N–H and O–H groups in total. The molecule has 1 aromatic carbocycles. The van der Waals surface area contributed by atoms with Crippen LogP contribution in [0.25, 0.3) is 21.6 Å². The molecular formula is C16H17FN4O2S. The van der Waals surface area contributed by atoms with Crippen LogP contribution in [0, 0.1) is 6.92 Å². The zero-order valence-electron chi connectivity index (χ0n) is 13.4. The number of carbonyl (C=O) groups is 1. The fourth-order valence-corrected chi connectivity index (χ4v) is 3.39. The van der Waals surface area contributed by atoms with Crippen molar-refractivity contribution in [3.8, 4) is 10.7 Å². The lowest BCUT2D eigenvalue weighted by molar-refractivity contribution is 0.170. The van der Waals surface area contributed by atoms with Crippen LogP contribution >= 0.6 is 11.3 Å². The van der Waals surface area contributed by atoms with Gasteiger partial charge in [0.25, 0.3) is 0 Å². The van der Waals surface area contributed by atoms with E-state index in [1.807, 2.05) is 35.8 Å². The van der Waals surface area contributed by atoms with Gasteiger partial charge in [-0.15, -0.1) is 10.2 Å². The summed E-state index contributed by atoms with van der Waals surface area (Å²) in [4.78, 5) is 11.1. The summed E-state index contributed by atoms with van der Waals surface area (Å²) in [5, 5.41) is 13.3. The van der Waals surface area contributed by atoms with E-state index in [9.17, 15) is 9.18 Å². The molecule has 0 aliphatic carbocycles. The number of alkyl halides is 1. The molecule has 0 fully saturated rings. The molecule has 0 spiro atoms. The number of nitrogens with zero attached hydrogens (tertiary/aromatic N) is 3. The third kappa shape index (κ3) is 3.09. The van der Waals surface area contributed by atoms with E-state index in [2.05, 4.69) is 20.3 Å². The second-order valence-electron chi connectivity index (χ2n) is 5.22. The molecule has 0 saturated heterocycles. The molecule has 126 valence electrons. The Morgan fingerprint density at radius 3 is 3.00 bits per heavy atom. The zero-order valence-corrected chi connectivity index (χ0v) is 14.2. The normalized spacial score (nSPS) is 11.0. The van der Waals surface area contributed by atoms with Crippen LogP contribution in [0.2, 0.25) is 0 Å². The summed E-state index contributed by atoms with van der Waals surface area (Å²) in [6.45, 7) is 2.07. The van der Waals surface area contributed by atoms with E-state index < -0.39 is 12.8 Å². The molecule has 0 unspecified atom stereocenters. The van der Waals surface area contributed by atoms with Crippen molar-refractivity contribution in [1.29, 1.82) is 0 Å². The van der Waals surface area contributed by atoms with Gasteiger partial charge in [0.1, 0.15) is 11.7 Å². The van der Waals surface area contributed by atoms with Gasteiger partial charge < -0.3 is 14.6 Å². The van der Waals surface area contributed by atoms with Crippen molar-refractivity contribution in [2.45, 2.75) is 20.0 Å². The summed E-state index contributed by atoms with van der Waals surface area (Å²) in [5.74, 6) is 0. The van der Waals surface area contributed by atoms with E-state index in [1.165, 1.54) is 18.4 Å². The zero-order chi connectivity index (χ0) is 17.1. The number of alkyl carbamates (subject to hydrolysis) is 1. The highest BCUT2D eigenvalue weighted by molar-refractivity contribution is 7.14. The minimum absolute atomic E-state index is 0.243. The van der Waals surface area contributed by atoms with Crippen LogP contribution in [0.3, 0.4) is 0 Å². The lowest BCUT2D eigenvalue weighted by Gasteiger charge is -2.06. The highest BCUT2D eigenvalue weighted by Crippen LogP contribution is 2.31. The monoisotopic (exact) mass is 348 g/mol. The summed E-state index contributed by atoms with van der Waals surface area (Å²) >= 11 is 1.36. The Hall–Kier alpha value is -2.48. The van der Waals surface area contributed by atoms with E-state index in [0.29, 0.717) is 10.0 Å². The highest BCUT2D eigenvalue weighted by atomic mass is 32.1. The van der Waals surface area contributed by atoms with Crippen molar-refractivity contribution in [1.82, 2.24) is 20.1 Å². The van der Waals surface area contributed by atoms with Crippen LogP contribution in [-0.4, -0.2) is 34.6 Å². The van der Waals surface area contributed by atoms with E-state index in [4.69, 9.17) is 0 Å². The Morgan fingerprint density at radius 1 is 1.42 bits per heavy atom. The highest BCUT2D eigenvalue weighted by Gasteiger charge is 2.16. The van der Waals surface area contributed by atoms with Crippen molar-refractivity contribution < 1.29 is 13.9 Å². The predicted octanol–water partition coefficient (Wildman–Crippen LogP) is 3.29. The minimum Gasteiger partial charge on any atom is -0.453 e. The van der Waals surface area contributed by atoms with E-state index in [0.717, 1.165) is 22.2 Å². The minimum atomic E-state index is -0.520. The van der Waals surface area contributed by atoms with Crippen molar-refractivity contribution in [2.24, 2.45) is 0 Å². The number of aryl methyl sites for hydroxylation is 2. The Bertz CT molecular complexity index is 874. The number of amides is 1. The summed E-state index contributed by atoms with van der Waals surface area (Å²) in [5.41, 5.74) is 2.94. The Morgan fingerprint density at radius 2 is 2.25 bits per heavy atom. The average Bonchev–Trinajstić information content (AvgIpc) is 3.19. The van der Waals surface area contributed by atoms with Gasteiger partial charge in [0.2, 0.25) is 0 Å². The first kappa shape index (κ1) is 16.4.